The number of imide groups is 1. The van der Waals surface area contributed by atoms with E-state index in [4.69, 9.17) is 0 Å². The Balaban J connectivity index is 1.63. The average molecular weight is 387 g/mol. The van der Waals surface area contributed by atoms with E-state index in [1.165, 1.54) is 16.0 Å². The van der Waals surface area contributed by atoms with Crippen LogP contribution in [0.4, 0.5) is 4.79 Å². The van der Waals surface area contributed by atoms with Crippen molar-refractivity contribution in [2.45, 2.75) is 71.9 Å². The predicted octanol–water partition coefficient (Wildman–Crippen LogP) is 2.88. The van der Waals surface area contributed by atoms with Crippen LogP contribution in [0.25, 0.3) is 0 Å². The highest BCUT2D eigenvalue weighted by atomic mass is 16.2. The molecule has 2 fully saturated rings. The first-order chi connectivity index (χ1) is 13.2. The van der Waals surface area contributed by atoms with Crippen LogP contribution in [0.5, 0.6) is 0 Å². The minimum absolute atomic E-state index is 0.0191. The monoisotopic (exact) mass is 386 g/mol. The molecule has 1 saturated carbocycles. The number of rotatable bonds is 6. The van der Waals surface area contributed by atoms with Gasteiger partial charge < -0.3 is 10.2 Å². The Hall–Kier alpha value is -1.88. The molecular weight excluding hydrogens is 350 g/mol. The number of aryl methyl sites for hydroxylation is 1. The molecule has 1 aliphatic heterocycles. The highest BCUT2D eigenvalue weighted by Gasteiger charge is 2.54. The summed E-state index contributed by atoms with van der Waals surface area (Å²) in [5, 5.41) is 3.06. The zero-order chi connectivity index (χ0) is 20.5. The molecule has 2 aliphatic rings. The highest BCUT2D eigenvalue weighted by Crippen LogP contribution is 2.44. The van der Waals surface area contributed by atoms with Gasteiger partial charge in [0.1, 0.15) is 12.1 Å². The number of nitrogens with one attached hydrogen (secondary N) is 2. The molecule has 1 aromatic carbocycles. The van der Waals surface area contributed by atoms with Crippen molar-refractivity contribution >= 4 is 11.9 Å². The standard InChI is InChI=1S/C23H35N3O2/c1-6-22(3,4)19-11-13-23(14-12-19)20(27)26(21(28)24-23)16-25(5)15-18-10-8-7-9-17(18)2/h7-10,19H,6,11-16H2,1-5H3,(H,24,28)/p+1. The molecule has 1 atom stereocenters. The summed E-state index contributed by atoms with van der Waals surface area (Å²) in [4.78, 5) is 28.4. The lowest BCUT2D eigenvalue weighted by atomic mass is 9.65. The summed E-state index contributed by atoms with van der Waals surface area (Å²) in [6.07, 6.45) is 4.68. The van der Waals surface area contributed by atoms with Gasteiger partial charge in [-0.05, 0) is 49.5 Å². The number of amides is 3. The molecule has 1 heterocycles. The molecule has 5 nitrogen and oxygen atoms in total. The third-order valence-electron chi connectivity index (χ3n) is 7.28. The van der Waals surface area contributed by atoms with Gasteiger partial charge in [-0.15, -0.1) is 0 Å². The number of carbonyl (C=O) groups excluding carboxylic acids is 2. The number of nitrogens with zero attached hydrogens (tertiary/aromatic N) is 1. The fourth-order valence-corrected chi connectivity index (χ4v) is 4.80. The lowest BCUT2D eigenvalue weighted by Gasteiger charge is -2.42. The maximum absolute atomic E-state index is 13.2. The fraction of sp³-hybridized carbons (Fsp3) is 0.652. The van der Waals surface area contributed by atoms with Gasteiger partial charge in [-0.3, -0.25) is 4.79 Å². The molecule has 0 bridgehead atoms. The molecule has 3 rings (SSSR count). The SMILES string of the molecule is CCC(C)(C)C1CCC2(CC1)NC(=O)N(C[NH+](C)Cc1ccccc1C)C2=O. The molecule has 1 unspecified atom stereocenters. The van der Waals surface area contributed by atoms with Crippen molar-refractivity contribution in [2.24, 2.45) is 11.3 Å². The second-order valence-electron chi connectivity index (χ2n) is 9.58. The Kier molecular flexibility index (Phi) is 5.85. The zero-order valence-corrected chi connectivity index (χ0v) is 18.1. The van der Waals surface area contributed by atoms with Crippen LogP contribution < -0.4 is 10.2 Å². The van der Waals surface area contributed by atoms with Gasteiger partial charge in [0.15, 0.2) is 6.67 Å². The van der Waals surface area contributed by atoms with Crippen molar-refractivity contribution in [3.8, 4) is 0 Å². The van der Waals surface area contributed by atoms with Crippen molar-refractivity contribution in [3.63, 3.8) is 0 Å². The van der Waals surface area contributed by atoms with Gasteiger partial charge in [-0.25, -0.2) is 9.69 Å². The first kappa shape index (κ1) is 20.8. The van der Waals surface area contributed by atoms with E-state index in [0.29, 0.717) is 18.0 Å². The third kappa shape index (κ3) is 3.95. The van der Waals surface area contributed by atoms with Crippen LogP contribution in [-0.4, -0.2) is 36.1 Å². The first-order valence-corrected chi connectivity index (χ1v) is 10.7. The van der Waals surface area contributed by atoms with Gasteiger partial charge in [0.05, 0.1) is 7.05 Å². The molecule has 5 heteroatoms. The van der Waals surface area contributed by atoms with Crippen LogP contribution >= 0.6 is 0 Å². The Morgan fingerprint density at radius 1 is 1.21 bits per heavy atom. The van der Waals surface area contributed by atoms with Gasteiger partial charge in [0.2, 0.25) is 0 Å². The summed E-state index contributed by atoms with van der Waals surface area (Å²) in [5.74, 6) is 0.602. The molecule has 1 saturated heterocycles. The van der Waals surface area contributed by atoms with E-state index in [1.807, 2.05) is 19.2 Å². The number of hydrogen-bond donors (Lipinski definition) is 2. The number of urea groups is 1. The predicted molar refractivity (Wildman–Crippen MR) is 111 cm³/mol. The minimum Gasteiger partial charge on any atom is -0.323 e. The lowest BCUT2D eigenvalue weighted by Crippen LogP contribution is -3.09. The van der Waals surface area contributed by atoms with Gasteiger partial charge in [0.25, 0.3) is 5.91 Å². The van der Waals surface area contributed by atoms with Crippen LogP contribution in [0.3, 0.4) is 0 Å². The van der Waals surface area contributed by atoms with E-state index in [-0.39, 0.29) is 11.9 Å². The van der Waals surface area contributed by atoms with Crippen LogP contribution in [0.2, 0.25) is 0 Å². The molecule has 1 spiro atoms. The van der Waals surface area contributed by atoms with E-state index in [2.05, 4.69) is 45.1 Å². The zero-order valence-electron chi connectivity index (χ0n) is 18.1. The molecular formula is C23H36N3O2+. The average Bonchev–Trinajstić information content (AvgIpc) is 2.88. The number of hydrogen-bond acceptors (Lipinski definition) is 2. The van der Waals surface area contributed by atoms with E-state index in [0.717, 1.165) is 43.5 Å². The topological polar surface area (TPSA) is 53.9 Å². The van der Waals surface area contributed by atoms with Gasteiger partial charge in [-0.1, -0.05) is 51.5 Å². The van der Waals surface area contributed by atoms with Crippen molar-refractivity contribution in [1.29, 1.82) is 0 Å². The maximum atomic E-state index is 13.2. The Bertz CT molecular complexity index is 735. The van der Waals surface area contributed by atoms with Crippen LogP contribution in [0, 0.1) is 18.3 Å². The normalized spacial score (nSPS) is 26.6. The number of benzene rings is 1. The Morgan fingerprint density at radius 3 is 2.46 bits per heavy atom. The number of quaternary nitrogens is 1. The molecule has 28 heavy (non-hydrogen) atoms. The maximum Gasteiger partial charge on any atom is 0.329 e. The summed E-state index contributed by atoms with van der Waals surface area (Å²) in [6.45, 7) is 10.2. The second-order valence-corrected chi connectivity index (χ2v) is 9.58. The molecule has 0 radical (unpaired) electrons. The summed E-state index contributed by atoms with van der Waals surface area (Å²) in [6, 6.07) is 8.06. The molecule has 0 aromatic heterocycles. The van der Waals surface area contributed by atoms with Crippen molar-refractivity contribution < 1.29 is 14.5 Å². The van der Waals surface area contributed by atoms with Crippen molar-refractivity contribution in [1.82, 2.24) is 10.2 Å². The highest BCUT2D eigenvalue weighted by molar-refractivity contribution is 6.06. The smallest absolute Gasteiger partial charge is 0.323 e. The minimum atomic E-state index is -0.666. The summed E-state index contributed by atoms with van der Waals surface area (Å²) < 4.78 is 0. The molecule has 154 valence electrons. The summed E-state index contributed by atoms with van der Waals surface area (Å²) >= 11 is 0. The molecule has 2 N–H and O–H groups in total. The molecule has 1 aliphatic carbocycles. The molecule has 1 aromatic rings. The van der Waals surface area contributed by atoms with Gasteiger partial charge >= 0.3 is 6.03 Å². The number of carbonyl (C=O) groups is 2. The second kappa shape index (κ2) is 7.86. The van der Waals surface area contributed by atoms with E-state index >= 15 is 0 Å². The Morgan fingerprint density at radius 2 is 1.86 bits per heavy atom. The fourth-order valence-electron chi connectivity index (χ4n) is 4.80. The lowest BCUT2D eigenvalue weighted by molar-refractivity contribution is -0.901. The Labute approximate surface area is 169 Å². The van der Waals surface area contributed by atoms with E-state index < -0.39 is 5.54 Å². The van der Waals surface area contributed by atoms with Crippen LogP contribution in [0.1, 0.15) is 64.0 Å². The van der Waals surface area contributed by atoms with Crippen molar-refractivity contribution in [2.75, 3.05) is 13.7 Å². The van der Waals surface area contributed by atoms with Crippen LogP contribution in [-0.2, 0) is 11.3 Å². The first-order valence-electron chi connectivity index (χ1n) is 10.7. The van der Waals surface area contributed by atoms with E-state index in [1.54, 1.807) is 0 Å². The quantitative estimate of drug-likeness (QED) is 0.739. The molecule has 3 amide bonds. The van der Waals surface area contributed by atoms with Gasteiger partial charge in [-0.2, -0.15) is 0 Å². The largest absolute Gasteiger partial charge is 0.329 e. The summed E-state index contributed by atoms with van der Waals surface area (Å²) in [7, 11) is 2.04. The van der Waals surface area contributed by atoms with Crippen LogP contribution in [0.15, 0.2) is 24.3 Å². The van der Waals surface area contributed by atoms with Crippen molar-refractivity contribution in [3.05, 3.63) is 35.4 Å². The van der Waals surface area contributed by atoms with Gasteiger partial charge in [0, 0.05) is 5.56 Å². The summed E-state index contributed by atoms with van der Waals surface area (Å²) in [5.41, 5.74) is 2.13. The van der Waals surface area contributed by atoms with E-state index in [9.17, 15) is 9.59 Å². The third-order valence-corrected chi connectivity index (χ3v) is 7.28.